The molecule has 0 saturated heterocycles. The van der Waals surface area contributed by atoms with Crippen molar-refractivity contribution in [2.75, 3.05) is 19.8 Å². The van der Waals surface area contributed by atoms with Crippen LogP contribution < -0.4 is 14.2 Å². The lowest BCUT2D eigenvalue weighted by molar-refractivity contribution is 0.348. The fourth-order valence-corrected chi connectivity index (χ4v) is 3.91. The number of ether oxygens (including phenoxy) is 2. The van der Waals surface area contributed by atoms with E-state index in [2.05, 4.69) is 11.3 Å². The first-order chi connectivity index (χ1) is 9.13. The first-order valence-electron chi connectivity index (χ1n) is 6.18. The summed E-state index contributed by atoms with van der Waals surface area (Å²) in [7, 11) is -3.60. The third-order valence-corrected chi connectivity index (χ3v) is 4.80. The minimum atomic E-state index is -3.60. The minimum Gasteiger partial charge on any atom is -0.493 e. The van der Waals surface area contributed by atoms with Crippen molar-refractivity contribution in [3.05, 3.63) is 29.8 Å². The van der Waals surface area contributed by atoms with Gasteiger partial charge in [-0.3, -0.25) is 0 Å². The number of benzene rings is 1. The molecule has 2 aliphatic heterocycles. The van der Waals surface area contributed by atoms with Gasteiger partial charge in [0.2, 0.25) is 10.0 Å². The van der Waals surface area contributed by atoms with Crippen molar-refractivity contribution in [2.45, 2.75) is 17.7 Å². The molecule has 2 heterocycles. The van der Waals surface area contributed by atoms with Crippen molar-refractivity contribution >= 4 is 10.0 Å². The lowest BCUT2D eigenvalue weighted by Gasteiger charge is -2.13. The Kier molecular flexibility index (Phi) is 2.99. The fraction of sp³-hybridized carbons (Fsp3) is 0.385. The second-order valence-electron chi connectivity index (χ2n) is 4.51. The number of hydrogen-bond donors (Lipinski definition) is 1. The van der Waals surface area contributed by atoms with Crippen LogP contribution in [0, 0.1) is 0 Å². The number of fused-ring (bicyclic) bond motifs is 2. The van der Waals surface area contributed by atoms with Crippen LogP contribution in [-0.4, -0.2) is 28.2 Å². The third-order valence-electron chi connectivity index (χ3n) is 3.29. The third kappa shape index (κ3) is 2.01. The molecule has 0 unspecified atom stereocenters. The van der Waals surface area contributed by atoms with Crippen molar-refractivity contribution in [3.63, 3.8) is 0 Å². The van der Waals surface area contributed by atoms with Gasteiger partial charge in [0.1, 0.15) is 16.4 Å². The molecule has 0 saturated carbocycles. The van der Waals surface area contributed by atoms with E-state index in [-0.39, 0.29) is 11.4 Å². The summed E-state index contributed by atoms with van der Waals surface area (Å²) in [6, 6.07) is 1.90. The van der Waals surface area contributed by atoms with E-state index < -0.39 is 10.0 Å². The van der Waals surface area contributed by atoms with Crippen LogP contribution in [0.1, 0.15) is 11.1 Å². The number of nitrogens with one attached hydrogen (secondary N) is 1. The molecule has 19 heavy (non-hydrogen) atoms. The zero-order chi connectivity index (χ0) is 13.5. The lowest BCUT2D eigenvalue weighted by atomic mass is 10.1. The van der Waals surface area contributed by atoms with E-state index in [0.717, 1.165) is 17.5 Å². The molecule has 0 aromatic heterocycles. The van der Waals surface area contributed by atoms with Crippen LogP contribution in [-0.2, 0) is 22.9 Å². The Hall–Kier alpha value is -1.53. The van der Waals surface area contributed by atoms with E-state index in [0.29, 0.717) is 31.1 Å². The molecule has 5 nitrogen and oxygen atoms in total. The molecule has 102 valence electrons. The van der Waals surface area contributed by atoms with E-state index in [1.165, 1.54) is 6.08 Å². The largest absolute Gasteiger partial charge is 0.493 e. The van der Waals surface area contributed by atoms with Gasteiger partial charge in [0.25, 0.3) is 0 Å². The zero-order valence-electron chi connectivity index (χ0n) is 10.4. The highest BCUT2D eigenvalue weighted by Gasteiger charge is 2.33. The molecule has 0 amide bonds. The van der Waals surface area contributed by atoms with Crippen molar-refractivity contribution in [2.24, 2.45) is 0 Å². The highest BCUT2D eigenvalue weighted by molar-refractivity contribution is 7.89. The summed E-state index contributed by atoms with van der Waals surface area (Å²) in [6.45, 7) is 4.75. The Morgan fingerprint density at radius 1 is 1.32 bits per heavy atom. The van der Waals surface area contributed by atoms with Crippen LogP contribution in [0.3, 0.4) is 0 Å². The van der Waals surface area contributed by atoms with E-state index in [1.54, 1.807) is 0 Å². The monoisotopic (exact) mass is 281 g/mol. The molecule has 0 atom stereocenters. The molecule has 0 bridgehead atoms. The average Bonchev–Trinajstić information content (AvgIpc) is 3.00. The van der Waals surface area contributed by atoms with Gasteiger partial charge < -0.3 is 9.47 Å². The SMILES string of the molecule is C=CCNS(=O)(=O)c1c2c(cc3c1OCC3)OCC2. The summed E-state index contributed by atoms with van der Waals surface area (Å²) in [4.78, 5) is 0.247. The predicted octanol–water partition coefficient (Wildman–Crippen LogP) is 1.02. The first kappa shape index (κ1) is 12.5. The van der Waals surface area contributed by atoms with Crippen LogP contribution in [0.25, 0.3) is 0 Å². The average molecular weight is 281 g/mol. The van der Waals surface area contributed by atoms with Crippen molar-refractivity contribution in [1.29, 1.82) is 0 Å². The molecule has 1 aromatic rings. The van der Waals surface area contributed by atoms with Gasteiger partial charge in [0.15, 0.2) is 0 Å². The van der Waals surface area contributed by atoms with Gasteiger partial charge in [-0.05, 0) is 6.07 Å². The van der Waals surface area contributed by atoms with Gasteiger partial charge in [-0.1, -0.05) is 6.08 Å². The summed E-state index contributed by atoms with van der Waals surface area (Å²) >= 11 is 0. The molecular formula is C13H15NO4S. The quantitative estimate of drug-likeness (QED) is 0.837. The molecule has 6 heteroatoms. The maximum Gasteiger partial charge on any atom is 0.244 e. The first-order valence-corrected chi connectivity index (χ1v) is 7.66. The minimum absolute atomic E-state index is 0.196. The molecular weight excluding hydrogens is 266 g/mol. The maximum atomic E-state index is 12.4. The predicted molar refractivity (Wildman–Crippen MR) is 70.2 cm³/mol. The number of rotatable bonds is 4. The van der Waals surface area contributed by atoms with E-state index in [4.69, 9.17) is 9.47 Å². The van der Waals surface area contributed by atoms with Crippen LogP contribution in [0.5, 0.6) is 11.5 Å². The molecule has 3 rings (SSSR count). The van der Waals surface area contributed by atoms with Gasteiger partial charge in [-0.2, -0.15) is 0 Å². The van der Waals surface area contributed by atoms with Gasteiger partial charge in [-0.25, -0.2) is 13.1 Å². The van der Waals surface area contributed by atoms with E-state index >= 15 is 0 Å². The van der Waals surface area contributed by atoms with E-state index in [1.807, 2.05) is 6.07 Å². The molecule has 1 aromatic carbocycles. The molecule has 0 fully saturated rings. The van der Waals surface area contributed by atoms with Gasteiger partial charge in [0, 0.05) is 30.5 Å². The van der Waals surface area contributed by atoms with E-state index in [9.17, 15) is 8.42 Å². The molecule has 0 spiro atoms. The summed E-state index contributed by atoms with van der Waals surface area (Å²) in [5.74, 6) is 1.16. The Bertz CT molecular complexity index is 604. The van der Waals surface area contributed by atoms with Crippen LogP contribution in [0.15, 0.2) is 23.6 Å². The second-order valence-corrected chi connectivity index (χ2v) is 6.21. The van der Waals surface area contributed by atoms with Crippen molar-refractivity contribution in [3.8, 4) is 11.5 Å². The standard InChI is InChI=1S/C13H15NO4S/c1-2-5-14-19(15,16)13-10-4-7-17-11(10)8-9-3-6-18-12(9)13/h2,8,14H,1,3-7H2. The second kappa shape index (κ2) is 4.54. The van der Waals surface area contributed by atoms with Crippen molar-refractivity contribution < 1.29 is 17.9 Å². The molecule has 0 aliphatic carbocycles. The van der Waals surface area contributed by atoms with Crippen LogP contribution in [0.2, 0.25) is 0 Å². The topological polar surface area (TPSA) is 64.6 Å². The molecule has 0 radical (unpaired) electrons. The molecule has 2 aliphatic rings. The maximum absolute atomic E-state index is 12.4. The Balaban J connectivity index is 2.17. The van der Waals surface area contributed by atoms with Gasteiger partial charge in [0.05, 0.1) is 13.2 Å². The Labute approximate surface area is 112 Å². The number of hydrogen-bond acceptors (Lipinski definition) is 4. The van der Waals surface area contributed by atoms with Gasteiger partial charge in [-0.15, -0.1) is 6.58 Å². The summed E-state index contributed by atoms with van der Waals surface area (Å²) < 4.78 is 38.4. The van der Waals surface area contributed by atoms with Crippen molar-refractivity contribution in [1.82, 2.24) is 4.72 Å². The Morgan fingerprint density at radius 3 is 2.89 bits per heavy atom. The molecule has 1 N–H and O–H groups in total. The van der Waals surface area contributed by atoms with Gasteiger partial charge >= 0.3 is 0 Å². The van der Waals surface area contributed by atoms with Crippen LogP contribution in [0.4, 0.5) is 0 Å². The number of sulfonamides is 1. The normalized spacial score (nSPS) is 16.4. The smallest absolute Gasteiger partial charge is 0.244 e. The highest BCUT2D eigenvalue weighted by Crippen LogP contribution is 2.42. The summed E-state index contributed by atoms with van der Waals surface area (Å²) in [5.41, 5.74) is 1.62. The fourth-order valence-electron chi connectivity index (χ4n) is 2.47. The lowest BCUT2D eigenvalue weighted by Crippen LogP contribution is -2.25. The summed E-state index contributed by atoms with van der Waals surface area (Å²) in [6.07, 6.45) is 2.82. The zero-order valence-corrected chi connectivity index (χ0v) is 11.3. The summed E-state index contributed by atoms with van der Waals surface area (Å²) in [5, 5.41) is 0. The highest BCUT2D eigenvalue weighted by atomic mass is 32.2. The Morgan fingerprint density at radius 2 is 2.11 bits per heavy atom. The van der Waals surface area contributed by atoms with Crippen LogP contribution >= 0.6 is 0 Å².